The first-order chi connectivity index (χ1) is 11.0. The first kappa shape index (κ1) is 19.1. The van der Waals surface area contributed by atoms with Crippen molar-refractivity contribution in [1.82, 2.24) is 0 Å². The Kier molecular flexibility index (Phi) is 5.54. The van der Waals surface area contributed by atoms with Crippen LogP contribution in [0.3, 0.4) is 0 Å². The molecule has 1 aliphatic rings. The van der Waals surface area contributed by atoms with Crippen molar-refractivity contribution in [2.45, 2.75) is 60.8 Å². The van der Waals surface area contributed by atoms with Gasteiger partial charge in [0.05, 0.1) is 0 Å². The normalized spacial score (nSPS) is 20.7. The average Bonchev–Trinajstić information content (AvgIpc) is 2.42. The van der Waals surface area contributed by atoms with Gasteiger partial charge in [0.2, 0.25) is 0 Å². The average molecular weight is 346 g/mol. The van der Waals surface area contributed by atoms with E-state index in [-0.39, 0.29) is 0 Å². The second kappa shape index (κ2) is 6.96. The summed E-state index contributed by atoms with van der Waals surface area (Å²) in [6.45, 7) is 18.1. The zero-order chi connectivity index (χ0) is 18.1. The lowest BCUT2D eigenvalue weighted by Crippen LogP contribution is -2.34. The first-order valence-corrected chi connectivity index (χ1v) is 9.26. The van der Waals surface area contributed by atoms with Gasteiger partial charge >= 0.3 is 0 Å². The van der Waals surface area contributed by atoms with E-state index in [0.717, 1.165) is 16.4 Å². The van der Waals surface area contributed by atoms with Gasteiger partial charge in [-0.1, -0.05) is 51.4 Å². The molecule has 1 nitrogen and oxygen atoms in total. The SMILES string of the molecule is C=C(C)N(/C=C(\C)C1CC(C)(C)CC(C)(C)C1)c1ccc(Cl)cc1. The number of halogens is 1. The summed E-state index contributed by atoms with van der Waals surface area (Å²) in [7, 11) is 0. The van der Waals surface area contributed by atoms with Gasteiger partial charge in [-0.25, -0.2) is 0 Å². The van der Waals surface area contributed by atoms with Crippen LogP contribution in [0.4, 0.5) is 5.69 Å². The number of benzene rings is 1. The van der Waals surface area contributed by atoms with E-state index in [1.807, 2.05) is 19.1 Å². The molecule has 24 heavy (non-hydrogen) atoms. The molecular formula is C22H32ClN. The lowest BCUT2D eigenvalue weighted by atomic mass is 9.60. The monoisotopic (exact) mass is 345 g/mol. The minimum atomic E-state index is 0.399. The summed E-state index contributed by atoms with van der Waals surface area (Å²) in [5, 5.41) is 0.761. The highest BCUT2D eigenvalue weighted by atomic mass is 35.5. The highest BCUT2D eigenvalue weighted by molar-refractivity contribution is 6.30. The lowest BCUT2D eigenvalue weighted by molar-refractivity contribution is 0.0817. The summed E-state index contributed by atoms with van der Waals surface area (Å²) >= 11 is 6.03. The molecule has 2 rings (SSSR count). The van der Waals surface area contributed by atoms with E-state index in [9.17, 15) is 0 Å². The van der Waals surface area contributed by atoms with Crippen molar-refractivity contribution in [3.05, 3.63) is 53.3 Å². The molecule has 1 aromatic carbocycles. The zero-order valence-corrected chi connectivity index (χ0v) is 16.9. The molecule has 1 aliphatic carbocycles. The van der Waals surface area contributed by atoms with Crippen molar-refractivity contribution in [1.29, 1.82) is 0 Å². The van der Waals surface area contributed by atoms with Gasteiger partial charge in [-0.3, -0.25) is 0 Å². The van der Waals surface area contributed by atoms with Gasteiger partial charge in [-0.05, 0) is 74.1 Å². The van der Waals surface area contributed by atoms with E-state index in [1.54, 1.807) is 0 Å². The summed E-state index contributed by atoms with van der Waals surface area (Å²) in [5.41, 5.74) is 4.37. The Morgan fingerprint density at radius 3 is 2.04 bits per heavy atom. The van der Waals surface area contributed by atoms with Gasteiger partial charge in [0.1, 0.15) is 0 Å². The van der Waals surface area contributed by atoms with Crippen molar-refractivity contribution in [2.24, 2.45) is 16.7 Å². The van der Waals surface area contributed by atoms with Gasteiger partial charge < -0.3 is 4.90 Å². The molecule has 0 atom stereocenters. The molecule has 0 aromatic heterocycles. The molecule has 1 aromatic rings. The number of rotatable bonds is 4. The molecular weight excluding hydrogens is 314 g/mol. The maximum Gasteiger partial charge on any atom is 0.0452 e. The van der Waals surface area contributed by atoms with Crippen LogP contribution in [0.15, 0.2) is 48.3 Å². The van der Waals surface area contributed by atoms with Crippen LogP contribution in [0.1, 0.15) is 60.8 Å². The van der Waals surface area contributed by atoms with Crippen molar-refractivity contribution in [2.75, 3.05) is 4.90 Å². The molecule has 1 fully saturated rings. The molecule has 0 aliphatic heterocycles. The van der Waals surface area contributed by atoms with Crippen LogP contribution >= 0.6 is 11.6 Å². The van der Waals surface area contributed by atoms with Gasteiger partial charge in [-0.2, -0.15) is 0 Å². The van der Waals surface area contributed by atoms with E-state index < -0.39 is 0 Å². The maximum absolute atomic E-state index is 6.03. The number of hydrogen-bond donors (Lipinski definition) is 0. The van der Waals surface area contributed by atoms with Gasteiger partial charge in [-0.15, -0.1) is 0 Å². The van der Waals surface area contributed by atoms with E-state index in [0.29, 0.717) is 16.7 Å². The largest absolute Gasteiger partial charge is 0.322 e. The number of allylic oxidation sites excluding steroid dienone is 2. The summed E-state index contributed by atoms with van der Waals surface area (Å²) in [6.07, 6.45) is 6.08. The third-order valence-electron chi connectivity index (χ3n) is 5.05. The van der Waals surface area contributed by atoms with Gasteiger partial charge in [0.15, 0.2) is 0 Å². The Balaban J connectivity index is 2.29. The molecule has 0 amide bonds. The number of hydrogen-bond acceptors (Lipinski definition) is 1. The fraction of sp³-hybridized carbons (Fsp3) is 0.545. The molecule has 0 N–H and O–H groups in total. The van der Waals surface area contributed by atoms with Crippen molar-refractivity contribution in [3.8, 4) is 0 Å². The highest BCUT2D eigenvalue weighted by Crippen LogP contribution is 2.50. The summed E-state index contributed by atoms with van der Waals surface area (Å²) in [5.74, 6) is 0.623. The summed E-state index contributed by atoms with van der Waals surface area (Å²) in [6, 6.07) is 7.97. The fourth-order valence-corrected chi connectivity index (χ4v) is 4.61. The quantitative estimate of drug-likeness (QED) is 0.548. The second-order valence-electron chi connectivity index (χ2n) is 9.07. The second-order valence-corrected chi connectivity index (χ2v) is 9.50. The van der Waals surface area contributed by atoms with E-state index in [2.05, 4.69) is 64.4 Å². The molecule has 0 radical (unpaired) electrons. The fourth-order valence-electron chi connectivity index (χ4n) is 4.48. The van der Waals surface area contributed by atoms with E-state index >= 15 is 0 Å². The molecule has 1 saturated carbocycles. The van der Waals surface area contributed by atoms with Crippen molar-refractivity contribution < 1.29 is 0 Å². The zero-order valence-electron chi connectivity index (χ0n) is 16.1. The van der Waals surface area contributed by atoms with Gasteiger partial charge in [0, 0.05) is 22.6 Å². The van der Waals surface area contributed by atoms with Crippen LogP contribution in [0.25, 0.3) is 0 Å². The first-order valence-electron chi connectivity index (χ1n) is 8.88. The summed E-state index contributed by atoms with van der Waals surface area (Å²) in [4.78, 5) is 2.18. The molecule has 0 unspecified atom stereocenters. The van der Waals surface area contributed by atoms with Crippen LogP contribution in [-0.4, -0.2) is 0 Å². The highest BCUT2D eigenvalue weighted by Gasteiger charge is 2.38. The van der Waals surface area contributed by atoms with Crippen molar-refractivity contribution in [3.63, 3.8) is 0 Å². The minimum Gasteiger partial charge on any atom is -0.322 e. The lowest BCUT2D eigenvalue weighted by Gasteiger charge is -2.45. The number of nitrogens with zero attached hydrogens (tertiary/aromatic N) is 1. The molecule has 0 saturated heterocycles. The topological polar surface area (TPSA) is 3.24 Å². The molecule has 132 valence electrons. The Morgan fingerprint density at radius 2 is 1.58 bits per heavy atom. The van der Waals surface area contributed by atoms with E-state index in [1.165, 1.54) is 24.8 Å². The predicted molar refractivity (Wildman–Crippen MR) is 107 cm³/mol. The molecule has 2 heteroatoms. The Hall–Kier alpha value is -1.21. The van der Waals surface area contributed by atoms with Crippen LogP contribution in [-0.2, 0) is 0 Å². The molecule has 0 heterocycles. The van der Waals surface area contributed by atoms with Crippen LogP contribution < -0.4 is 4.90 Å². The molecule has 0 bridgehead atoms. The van der Waals surface area contributed by atoms with E-state index in [4.69, 9.17) is 11.6 Å². The summed E-state index contributed by atoms with van der Waals surface area (Å²) < 4.78 is 0. The standard InChI is InChI=1S/C22H32ClN/c1-16(2)24(20-10-8-19(23)9-11-20)14-17(3)18-12-21(4,5)15-22(6,7)13-18/h8-11,14,18H,1,12-13,15H2,2-7H3/b17-14+. The Bertz CT molecular complexity index is 606. The maximum atomic E-state index is 6.03. The van der Waals surface area contributed by atoms with Crippen LogP contribution in [0.2, 0.25) is 5.02 Å². The van der Waals surface area contributed by atoms with Crippen molar-refractivity contribution >= 4 is 17.3 Å². The Morgan fingerprint density at radius 1 is 1.08 bits per heavy atom. The smallest absolute Gasteiger partial charge is 0.0452 e. The van der Waals surface area contributed by atoms with Crippen LogP contribution in [0, 0.1) is 16.7 Å². The van der Waals surface area contributed by atoms with Gasteiger partial charge in [0.25, 0.3) is 0 Å². The number of anilines is 1. The molecule has 0 spiro atoms. The third kappa shape index (κ3) is 4.89. The van der Waals surface area contributed by atoms with Crippen LogP contribution in [0.5, 0.6) is 0 Å². The third-order valence-corrected chi connectivity index (χ3v) is 5.30. The Labute approximate surface area is 153 Å². The predicted octanol–water partition coefficient (Wildman–Crippen LogP) is 7.44. The minimum absolute atomic E-state index is 0.399.